The minimum atomic E-state index is -0.775. The number of nitrogens with zero attached hydrogens (tertiary/aromatic N) is 1. The van der Waals surface area contributed by atoms with E-state index in [0.29, 0.717) is 11.8 Å². The molecule has 0 aliphatic heterocycles. The van der Waals surface area contributed by atoms with E-state index in [2.05, 4.69) is 4.90 Å². The van der Waals surface area contributed by atoms with Gasteiger partial charge in [0.1, 0.15) is 0 Å². The molecular formula is C14H19Cl2NO2. The molecule has 0 heterocycles. The maximum absolute atomic E-state index is 10.7. The molecule has 1 rings (SSSR count). The summed E-state index contributed by atoms with van der Waals surface area (Å²) in [6.07, 6.45) is 0.145. The monoisotopic (exact) mass is 303 g/mol. The molecule has 0 radical (unpaired) electrons. The summed E-state index contributed by atoms with van der Waals surface area (Å²) in [5.41, 5.74) is 2.09. The van der Waals surface area contributed by atoms with E-state index in [-0.39, 0.29) is 12.3 Å². The molecule has 0 fully saturated rings. The van der Waals surface area contributed by atoms with E-state index in [9.17, 15) is 4.79 Å². The van der Waals surface area contributed by atoms with E-state index < -0.39 is 5.97 Å². The third-order valence-corrected chi connectivity index (χ3v) is 3.36. The van der Waals surface area contributed by atoms with Gasteiger partial charge in [0.05, 0.1) is 6.42 Å². The molecule has 0 spiro atoms. The van der Waals surface area contributed by atoms with Crippen molar-refractivity contribution in [2.75, 3.05) is 29.7 Å². The van der Waals surface area contributed by atoms with Crippen LogP contribution in [-0.4, -0.2) is 35.9 Å². The van der Waals surface area contributed by atoms with Crippen LogP contribution >= 0.6 is 23.2 Å². The molecular weight excluding hydrogens is 285 g/mol. The summed E-state index contributed by atoms with van der Waals surface area (Å²) < 4.78 is 0. The lowest BCUT2D eigenvalue weighted by atomic mass is 9.97. The zero-order valence-corrected chi connectivity index (χ0v) is 12.5. The van der Waals surface area contributed by atoms with Gasteiger partial charge in [0, 0.05) is 30.5 Å². The van der Waals surface area contributed by atoms with Gasteiger partial charge < -0.3 is 10.0 Å². The summed E-state index contributed by atoms with van der Waals surface area (Å²) in [6.45, 7) is 3.41. The predicted molar refractivity (Wildman–Crippen MR) is 80.8 cm³/mol. The second-order valence-corrected chi connectivity index (χ2v) is 5.21. The number of hydrogen-bond donors (Lipinski definition) is 1. The summed E-state index contributed by atoms with van der Waals surface area (Å²) in [6, 6.07) is 7.93. The highest BCUT2D eigenvalue weighted by Gasteiger charge is 2.11. The fraction of sp³-hybridized carbons (Fsp3) is 0.500. The molecule has 0 aliphatic carbocycles. The van der Waals surface area contributed by atoms with Crippen molar-refractivity contribution in [3.63, 3.8) is 0 Å². The van der Waals surface area contributed by atoms with Crippen LogP contribution < -0.4 is 4.90 Å². The van der Waals surface area contributed by atoms with Gasteiger partial charge in [0.2, 0.25) is 0 Å². The number of carbonyl (C=O) groups is 1. The Labute approximate surface area is 124 Å². The molecule has 1 unspecified atom stereocenters. The van der Waals surface area contributed by atoms with Gasteiger partial charge in [-0.05, 0) is 23.6 Å². The predicted octanol–water partition coefficient (Wildman–Crippen LogP) is 3.55. The first-order valence-electron chi connectivity index (χ1n) is 6.27. The molecule has 0 aliphatic rings. The molecule has 5 heteroatoms. The number of anilines is 1. The van der Waals surface area contributed by atoms with Crippen molar-refractivity contribution >= 4 is 34.9 Å². The summed E-state index contributed by atoms with van der Waals surface area (Å²) in [5, 5.41) is 8.79. The third-order valence-electron chi connectivity index (χ3n) is 3.02. The number of benzene rings is 1. The molecule has 3 nitrogen and oxygen atoms in total. The van der Waals surface area contributed by atoms with Crippen LogP contribution in [0.15, 0.2) is 24.3 Å². The van der Waals surface area contributed by atoms with Crippen LogP contribution in [-0.2, 0) is 4.79 Å². The molecule has 0 saturated heterocycles. The number of carboxylic acid groups (broad SMARTS) is 1. The summed E-state index contributed by atoms with van der Waals surface area (Å²) in [5.74, 6) is 0.339. The van der Waals surface area contributed by atoms with Crippen molar-refractivity contribution in [2.24, 2.45) is 0 Å². The smallest absolute Gasteiger partial charge is 0.303 e. The maximum Gasteiger partial charge on any atom is 0.303 e. The van der Waals surface area contributed by atoms with Crippen molar-refractivity contribution in [3.05, 3.63) is 29.8 Å². The first-order valence-corrected chi connectivity index (χ1v) is 7.34. The Morgan fingerprint density at radius 3 is 2.16 bits per heavy atom. The number of alkyl halides is 2. The summed E-state index contributed by atoms with van der Waals surface area (Å²) >= 11 is 11.5. The first kappa shape index (κ1) is 16.1. The standard InChI is InChI=1S/C14H19Cl2NO2/c1-11(10-14(18)19)12-2-4-13(5-3-12)17(8-6-15)9-7-16/h2-5,11H,6-10H2,1H3,(H,18,19). The van der Waals surface area contributed by atoms with E-state index in [1.54, 1.807) is 0 Å². The molecule has 0 amide bonds. The van der Waals surface area contributed by atoms with Crippen LogP contribution in [0.3, 0.4) is 0 Å². The molecule has 1 aromatic carbocycles. The van der Waals surface area contributed by atoms with Gasteiger partial charge in [-0.3, -0.25) is 4.79 Å². The van der Waals surface area contributed by atoms with Crippen LogP contribution in [0.4, 0.5) is 5.69 Å². The lowest BCUT2D eigenvalue weighted by Crippen LogP contribution is -2.27. The Morgan fingerprint density at radius 1 is 1.21 bits per heavy atom. The van der Waals surface area contributed by atoms with E-state index in [0.717, 1.165) is 24.3 Å². The average molecular weight is 304 g/mol. The third kappa shape index (κ3) is 5.29. The molecule has 19 heavy (non-hydrogen) atoms. The van der Waals surface area contributed by atoms with Gasteiger partial charge in [-0.1, -0.05) is 19.1 Å². The minimum Gasteiger partial charge on any atom is -0.481 e. The van der Waals surface area contributed by atoms with Crippen molar-refractivity contribution in [2.45, 2.75) is 19.3 Å². The van der Waals surface area contributed by atoms with Crippen molar-refractivity contribution in [1.82, 2.24) is 0 Å². The normalized spacial score (nSPS) is 12.2. The molecule has 0 aromatic heterocycles. The second-order valence-electron chi connectivity index (χ2n) is 4.46. The van der Waals surface area contributed by atoms with Gasteiger partial charge in [-0.25, -0.2) is 0 Å². The van der Waals surface area contributed by atoms with E-state index in [1.165, 1.54) is 0 Å². The zero-order valence-electron chi connectivity index (χ0n) is 11.0. The van der Waals surface area contributed by atoms with Gasteiger partial charge in [-0.15, -0.1) is 23.2 Å². The van der Waals surface area contributed by atoms with Crippen LogP contribution in [0.1, 0.15) is 24.8 Å². The van der Waals surface area contributed by atoms with E-state index in [1.807, 2.05) is 31.2 Å². The molecule has 106 valence electrons. The lowest BCUT2D eigenvalue weighted by Gasteiger charge is -2.23. The maximum atomic E-state index is 10.7. The molecule has 1 N–H and O–H groups in total. The average Bonchev–Trinajstić information content (AvgIpc) is 2.38. The van der Waals surface area contributed by atoms with Gasteiger partial charge in [0.25, 0.3) is 0 Å². The zero-order chi connectivity index (χ0) is 14.3. The number of halogens is 2. The second kappa shape index (κ2) is 8.28. The van der Waals surface area contributed by atoms with Crippen molar-refractivity contribution in [1.29, 1.82) is 0 Å². The fourth-order valence-corrected chi connectivity index (χ4v) is 2.38. The summed E-state index contributed by atoms with van der Waals surface area (Å²) in [4.78, 5) is 12.8. The molecule has 0 saturated carbocycles. The number of carboxylic acids is 1. The quantitative estimate of drug-likeness (QED) is 0.747. The highest BCUT2D eigenvalue weighted by atomic mass is 35.5. The Hall–Kier alpha value is -0.930. The Morgan fingerprint density at radius 2 is 1.74 bits per heavy atom. The van der Waals surface area contributed by atoms with Crippen LogP contribution in [0.5, 0.6) is 0 Å². The minimum absolute atomic E-state index is 0.0149. The van der Waals surface area contributed by atoms with Gasteiger partial charge >= 0.3 is 5.97 Å². The van der Waals surface area contributed by atoms with Crippen LogP contribution in [0.25, 0.3) is 0 Å². The van der Waals surface area contributed by atoms with Crippen LogP contribution in [0.2, 0.25) is 0 Å². The summed E-state index contributed by atoms with van der Waals surface area (Å²) in [7, 11) is 0. The highest BCUT2D eigenvalue weighted by molar-refractivity contribution is 6.18. The largest absolute Gasteiger partial charge is 0.481 e. The van der Waals surface area contributed by atoms with Crippen molar-refractivity contribution < 1.29 is 9.90 Å². The molecule has 0 bridgehead atoms. The number of hydrogen-bond acceptors (Lipinski definition) is 2. The fourth-order valence-electron chi connectivity index (χ4n) is 1.97. The SMILES string of the molecule is CC(CC(=O)O)c1ccc(N(CCCl)CCCl)cc1. The highest BCUT2D eigenvalue weighted by Crippen LogP contribution is 2.22. The van der Waals surface area contributed by atoms with Gasteiger partial charge in [0.15, 0.2) is 0 Å². The topological polar surface area (TPSA) is 40.5 Å². The number of aliphatic carboxylic acids is 1. The van der Waals surface area contributed by atoms with Gasteiger partial charge in [-0.2, -0.15) is 0 Å². The molecule has 1 aromatic rings. The molecule has 1 atom stereocenters. The lowest BCUT2D eigenvalue weighted by molar-refractivity contribution is -0.137. The van der Waals surface area contributed by atoms with E-state index in [4.69, 9.17) is 28.3 Å². The van der Waals surface area contributed by atoms with E-state index >= 15 is 0 Å². The number of rotatable bonds is 8. The van der Waals surface area contributed by atoms with Crippen LogP contribution in [0, 0.1) is 0 Å². The Kier molecular flexibility index (Phi) is 7.03. The Balaban J connectivity index is 2.76. The Bertz CT molecular complexity index is 389. The first-order chi connectivity index (χ1) is 9.08. The van der Waals surface area contributed by atoms with Crippen molar-refractivity contribution in [3.8, 4) is 0 Å².